The molecule has 60 heavy (non-hydrogen) atoms. The van der Waals surface area contributed by atoms with Crippen LogP contribution in [0.15, 0.2) is 261 Å². The number of hydrogen-bond acceptors (Lipinski definition) is 4. The fourth-order valence-electron chi connectivity index (χ4n) is 7.21. The standard InChI is InChI=1S/C56H54N4/c1-7-13-26-47(25-10-4)57(45(11-5)23-8-2)51-33-37-54(38-34-51)60(55-39-35-52(36-40-55)58(46(12-6)24-9-3)48-27-17-14-18-28-48)56-43-41-53(42-44-56)59(49-29-19-15-20-30-49)50-31-21-16-22-32-50/h7-44H,1,4H2,2-3,5-6H3/b23-8-,24-9-,26-13-,45-11+,46-12+,47-25+. The van der Waals surface area contributed by atoms with Gasteiger partial charge in [-0.2, -0.15) is 0 Å². The zero-order chi connectivity index (χ0) is 42.1. The second-order valence-corrected chi connectivity index (χ2v) is 13.7. The van der Waals surface area contributed by atoms with Gasteiger partial charge in [0.05, 0.1) is 0 Å². The monoisotopic (exact) mass is 782 g/mol. The highest BCUT2D eigenvalue weighted by Crippen LogP contribution is 2.41. The molecule has 0 heterocycles. The van der Waals surface area contributed by atoms with Crippen LogP contribution >= 0.6 is 0 Å². The zero-order valence-corrected chi connectivity index (χ0v) is 35.1. The van der Waals surface area contributed by atoms with Gasteiger partial charge in [-0.25, -0.2) is 0 Å². The molecule has 0 N–H and O–H groups in total. The Morgan fingerprint density at radius 1 is 0.367 bits per heavy atom. The third kappa shape index (κ3) is 9.93. The molecule has 4 nitrogen and oxygen atoms in total. The van der Waals surface area contributed by atoms with Gasteiger partial charge >= 0.3 is 0 Å². The topological polar surface area (TPSA) is 13.0 Å². The predicted octanol–water partition coefficient (Wildman–Crippen LogP) is 16.3. The van der Waals surface area contributed by atoms with E-state index in [9.17, 15) is 0 Å². The SMILES string of the molecule is C=C/C=C\C(=C/C=C)N(C(/C=C\C)=C/C)c1ccc(N(c2ccc(N(C(/C=C\C)=C/C)c3ccccc3)cc2)c2ccc(N(c3ccccc3)c3ccccc3)cc2)cc1. The summed E-state index contributed by atoms with van der Waals surface area (Å²) in [5.41, 5.74) is 12.6. The third-order valence-electron chi connectivity index (χ3n) is 9.87. The maximum absolute atomic E-state index is 4.01. The van der Waals surface area contributed by atoms with E-state index in [0.29, 0.717) is 0 Å². The van der Waals surface area contributed by atoms with Crippen molar-refractivity contribution in [1.29, 1.82) is 0 Å². The molecular formula is C56H54N4. The smallest absolute Gasteiger partial charge is 0.0463 e. The minimum atomic E-state index is 0.967. The molecule has 0 unspecified atom stereocenters. The molecule has 0 aliphatic rings. The first kappa shape index (κ1) is 42.1. The minimum absolute atomic E-state index is 0.967. The van der Waals surface area contributed by atoms with Crippen molar-refractivity contribution in [3.05, 3.63) is 261 Å². The summed E-state index contributed by atoms with van der Waals surface area (Å²) in [6.45, 7) is 16.1. The van der Waals surface area contributed by atoms with E-state index in [1.165, 1.54) is 0 Å². The number of rotatable bonds is 17. The average Bonchev–Trinajstić information content (AvgIpc) is 3.30. The molecular weight excluding hydrogens is 729 g/mol. The van der Waals surface area contributed by atoms with Crippen LogP contribution in [-0.2, 0) is 0 Å². The molecule has 6 aromatic carbocycles. The molecule has 0 saturated carbocycles. The molecule has 0 atom stereocenters. The van der Waals surface area contributed by atoms with Crippen molar-refractivity contribution in [3.63, 3.8) is 0 Å². The molecule has 0 radical (unpaired) electrons. The lowest BCUT2D eigenvalue weighted by atomic mass is 10.1. The molecule has 298 valence electrons. The number of benzene rings is 6. The molecule has 0 aliphatic heterocycles. The Morgan fingerprint density at radius 3 is 1.10 bits per heavy atom. The van der Waals surface area contributed by atoms with Gasteiger partial charge in [0.1, 0.15) is 0 Å². The number of hydrogen-bond donors (Lipinski definition) is 0. The van der Waals surface area contributed by atoms with Crippen LogP contribution in [0.4, 0.5) is 51.2 Å². The fraction of sp³-hybridized carbons (Fsp3) is 0.0714. The van der Waals surface area contributed by atoms with Crippen LogP contribution in [0, 0.1) is 0 Å². The van der Waals surface area contributed by atoms with E-state index >= 15 is 0 Å². The maximum atomic E-state index is 4.01. The number of anilines is 9. The van der Waals surface area contributed by atoms with E-state index in [1.54, 1.807) is 6.08 Å². The highest BCUT2D eigenvalue weighted by molar-refractivity contribution is 5.83. The Kier molecular flexibility index (Phi) is 14.9. The highest BCUT2D eigenvalue weighted by Gasteiger charge is 2.19. The second-order valence-electron chi connectivity index (χ2n) is 13.7. The number of nitrogens with zero attached hydrogens (tertiary/aromatic N) is 4. The molecule has 0 aromatic heterocycles. The zero-order valence-electron chi connectivity index (χ0n) is 35.1. The van der Waals surface area contributed by atoms with Crippen LogP contribution in [0.2, 0.25) is 0 Å². The van der Waals surface area contributed by atoms with E-state index in [2.05, 4.69) is 254 Å². The lowest BCUT2D eigenvalue weighted by molar-refractivity contribution is 1.13. The molecule has 0 amide bonds. The molecule has 4 heteroatoms. The number of allylic oxidation sites excluding steroid dienone is 11. The summed E-state index contributed by atoms with van der Waals surface area (Å²) in [5, 5.41) is 0. The average molecular weight is 783 g/mol. The van der Waals surface area contributed by atoms with Crippen molar-refractivity contribution in [3.8, 4) is 0 Å². The molecule has 6 rings (SSSR count). The molecule has 6 aromatic rings. The van der Waals surface area contributed by atoms with Gasteiger partial charge in [-0.05, 0) is 161 Å². The molecule has 0 aliphatic carbocycles. The van der Waals surface area contributed by atoms with Gasteiger partial charge < -0.3 is 19.6 Å². The van der Waals surface area contributed by atoms with Gasteiger partial charge in [0.2, 0.25) is 0 Å². The molecule has 0 fully saturated rings. The quantitative estimate of drug-likeness (QED) is 0.0854. The maximum Gasteiger partial charge on any atom is 0.0463 e. The van der Waals surface area contributed by atoms with Crippen LogP contribution in [0.1, 0.15) is 27.7 Å². The van der Waals surface area contributed by atoms with Crippen molar-refractivity contribution in [2.45, 2.75) is 27.7 Å². The van der Waals surface area contributed by atoms with Crippen LogP contribution in [0.5, 0.6) is 0 Å². The van der Waals surface area contributed by atoms with E-state index in [-0.39, 0.29) is 0 Å². The lowest BCUT2D eigenvalue weighted by Crippen LogP contribution is -2.20. The minimum Gasteiger partial charge on any atom is -0.311 e. The highest BCUT2D eigenvalue weighted by atomic mass is 15.2. The van der Waals surface area contributed by atoms with Crippen LogP contribution in [-0.4, -0.2) is 0 Å². The van der Waals surface area contributed by atoms with Gasteiger partial charge in [-0.15, -0.1) is 0 Å². The van der Waals surface area contributed by atoms with Crippen LogP contribution in [0.3, 0.4) is 0 Å². The summed E-state index contributed by atoms with van der Waals surface area (Å²) in [7, 11) is 0. The summed E-state index contributed by atoms with van der Waals surface area (Å²) in [6, 6.07) is 57.9. The summed E-state index contributed by atoms with van der Waals surface area (Å²) < 4.78 is 0. The Balaban J connectivity index is 1.48. The number of para-hydroxylation sites is 3. The Bertz CT molecular complexity index is 2430. The first-order valence-electron chi connectivity index (χ1n) is 20.4. The summed E-state index contributed by atoms with van der Waals surface area (Å²) >= 11 is 0. The Morgan fingerprint density at radius 2 is 0.717 bits per heavy atom. The second kappa shape index (κ2) is 21.3. The van der Waals surface area contributed by atoms with Gasteiger partial charge in [0, 0.05) is 68.3 Å². The molecule has 0 spiro atoms. The van der Waals surface area contributed by atoms with Gasteiger partial charge in [0.15, 0.2) is 0 Å². The van der Waals surface area contributed by atoms with Crippen molar-refractivity contribution < 1.29 is 0 Å². The predicted molar refractivity (Wildman–Crippen MR) is 262 cm³/mol. The van der Waals surface area contributed by atoms with Crippen molar-refractivity contribution in [2.24, 2.45) is 0 Å². The Hall–Kier alpha value is -7.56. The summed E-state index contributed by atoms with van der Waals surface area (Å²) in [6.07, 6.45) is 22.3. The lowest BCUT2D eigenvalue weighted by Gasteiger charge is -2.31. The van der Waals surface area contributed by atoms with E-state index in [0.717, 1.165) is 68.3 Å². The largest absolute Gasteiger partial charge is 0.311 e. The van der Waals surface area contributed by atoms with Gasteiger partial charge in [-0.1, -0.05) is 110 Å². The first-order chi connectivity index (χ1) is 29.5. The first-order valence-corrected chi connectivity index (χ1v) is 20.4. The van der Waals surface area contributed by atoms with E-state index in [4.69, 9.17) is 0 Å². The van der Waals surface area contributed by atoms with Crippen LogP contribution in [0.25, 0.3) is 0 Å². The summed E-state index contributed by atoms with van der Waals surface area (Å²) in [4.78, 5) is 9.11. The van der Waals surface area contributed by atoms with Crippen molar-refractivity contribution >= 4 is 51.2 Å². The fourth-order valence-corrected chi connectivity index (χ4v) is 7.21. The van der Waals surface area contributed by atoms with Gasteiger partial charge in [0.25, 0.3) is 0 Å². The third-order valence-corrected chi connectivity index (χ3v) is 9.87. The van der Waals surface area contributed by atoms with Crippen LogP contribution < -0.4 is 19.6 Å². The summed E-state index contributed by atoms with van der Waals surface area (Å²) in [5.74, 6) is 0. The van der Waals surface area contributed by atoms with Crippen molar-refractivity contribution in [1.82, 2.24) is 0 Å². The molecule has 0 saturated heterocycles. The van der Waals surface area contributed by atoms with E-state index < -0.39 is 0 Å². The normalized spacial score (nSPS) is 12.2. The van der Waals surface area contributed by atoms with Gasteiger partial charge in [-0.3, -0.25) is 0 Å². The Labute approximate surface area is 358 Å². The van der Waals surface area contributed by atoms with E-state index in [1.807, 2.05) is 31.2 Å². The van der Waals surface area contributed by atoms with Crippen molar-refractivity contribution in [2.75, 3.05) is 19.6 Å². The molecule has 0 bridgehead atoms.